The Hall–Kier alpha value is -0.930. The van der Waals surface area contributed by atoms with E-state index in [2.05, 4.69) is 32.5 Å². The van der Waals surface area contributed by atoms with Gasteiger partial charge in [-0.2, -0.15) is 0 Å². The second-order valence-electron chi connectivity index (χ2n) is 8.30. The Balaban J connectivity index is 0.00000300. The van der Waals surface area contributed by atoms with Crippen LogP contribution in [0.25, 0.3) is 0 Å². The van der Waals surface area contributed by atoms with Crippen molar-refractivity contribution in [2.75, 3.05) is 53.4 Å². The van der Waals surface area contributed by atoms with Gasteiger partial charge in [-0.25, -0.2) is 4.39 Å². The first-order chi connectivity index (χ1) is 13.6. The van der Waals surface area contributed by atoms with E-state index in [0.29, 0.717) is 0 Å². The van der Waals surface area contributed by atoms with Crippen molar-refractivity contribution >= 4 is 29.9 Å². The fourth-order valence-corrected chi connectivity index (χ4v) is 4.45. The summed E-state index contributed by atoms with van der Waals surface area (Å²) in [5.74, 6) is 0.674. The molecule has 0 bridgehead atoms. The number of piperidine rings is 2. The van der Waals surface area contributed by atoms with E-state index in [-0.39, 0.29) is 35.3 Å². The molecule has 2 heterocycles. The number of aliphatic imine (C=N–C) groups is 1. The van der Waals surface area contributed by atoms with Crippen molar-refractivity contribution in [2.24, 2.45) is 4.99 Å². The fraction of sp³-hybridized carbons (Fsp3) is 0.682. The van der Waals surface area contributed by atoms with Crippen LogP contribution in [0.3, 0.4) is 0 Å². The number of guanidine groups is 1. The van der Waals surface area contributed by atoms with Crippen molar-refractivity contribution in [3.05, 3.63) is 35.6 Å². The van der Waals surface area contributed by atoms with Crippen molar-refractivity contribution in [1.82, 2.24) is 20.4 Å². The zero-order valence-electron chi connectivity index (χ0n) is 17.9. The van der Waals surface area contributed by atoms with Gasteiger partial charge in [0, 0.05) is 25.7 Å². The lowest BCUT2D eigenvalue weighted by Gasteiger charge is -2.50. The van der Waals surface area contributed by atoms with Crippen LogP contribution in [0.2, 0.25) is 0 Å². The van der Waals surface area contributed by atoms with E-state index in [4.69, 9.17) is 0 Å². The van der Waals surface area contributed by atoms with Crippen LogP contribution in [-0.2, 0) is 6.42 Å². The summed E-state index contributed by atoms with van der Waals surface area (Å²) in [5, 5.41) is 7.02. The van der Waals surface area contributed by atoms with Crippen LogP contribution in [0.5, 0.6) is 0 Å². The first-order valence-corrected chi connectivity index (χ1v) is 10.7. The summed E-state index contributed by atoms with van der Waals surface area (Å²) in [6, 6.07) is 6.73. The van der Waals surface area contributed by atoms with E-state index in [1.165, 1.54) is 57.3 Å². The molecule has 29 heavy (non-hydrogen) atoms. The molecule has 1 aromatic carbocycles. The number of rotatable bonds is 6. The van der Waals surface area contributed by atoms with Crippen LogP contribution in [0, 0.1) is 5.82 Å². The molecule has 0 aliphatic carbocycles. The summed E-state index contributed by atoms with van der Waals surface area (Å²) in [7, 11) is 4.05. The molecule has 2 N–H and O–H groups in total. The van der Waals surface area contributed by atoms with Crippen LogP contribution < -0.4 is 10.6 Å². The molecule has 0 radical (unpaired) electrons. The molecule has 0 spiro atoms. The summed E-state index contributed by atoms with van der Waals surface area (Å²) >= 11 is 0. The van der Waals surface area contributed by atoms with Gasteiger partial charge in [-0.1, -0.05) is 18.6 Å². The molecule has 0 unspecified atom stereocenters. The molecule has 2 aliphatic heterocycles. The molecule has 3 rings (SSSR count). The summed E-state index contributed by atoms with van der Waals surface area (Å²) in [5.41, 5.74) is 1.37. The van der Waals surface area contributed by atoms with Gasteiger partial charge in [0.2, 0.25) is 0 Å². The average molecular weight is 517 g/mol. The van der Waals surface area contributed by atoms with Gasteiger partial charge in [0.1, 0.15) is 5.82 Å². The summed E-state index contributed by atoms with van der Waals surface area (Å²) in [4.78, 5) is 9.60. The summed E-state index contributed by atoms with van der Waals surface area (Å²) in [6.45, 7) is 6.50. The van der Waals surface area contributed by atoms with Gasteiger partial charge in [-0.3, -0.25) is 9.89 Å². The Morgan fingerprint density at radius 2 is 1.69 bits per heavy atom. The molecule has 2 fully saturated rings. The Bertz CT molecular complexity index is 623. The van der Waals surface area contributed by atoms with E-state index in [1.54, 1.807) is 0 Å². The highest BCUT2D eigenvalue weighted by molar-refractivity contribution is 14.0. The van der Waals surface area contributed by atoms with Gasteiger partial charge in [0.15, 0.2) is 5.96 Å². The van der Waals surface area contributed by atoms with E-state index in [9.17, 15) is 4.39 Å². The predicted octanol–water partition coefficient (Wildman–Crippen LogP) is 3.10. The first-order valence-electron chi connectivity index (χ1n) is 10.7. The topological polar surface area (TPSA) is 42.9 Å². The highest BCUT2D eigenvalue weighted by atomic mass is 127. The van der Waals surface area contributed by atoms with Crippen LogP contribution in [0.4, 0.5) is 4.39 Å². The normalized spacial score (nSPS) is 20.7. The lowest BCUT2D eigenvalue weighted by molar-refractivity contribution is 0.0173. The highest BCUT2D eigenvalue weighted by Crippen LogP contribution is 2.30. The van der Waals surface area contributed by atoms with Gasteiger partial charge in [-0.15, -0.1) is 24.0 Å². The molecular weight excluding hydrogens is 480 g/mol. The van der Waals surface area contributed by atoms with Gasteiger partial charge >= 0.3 is 0 Å². The monoisotopic (exact) mass is 517 g/mol. The maximum Gasteiger partial charge on any atom is 0.191 e. The molecule has 0 atom stereocenters. The number of hydrogen-bond acceptors (Lipinski definition) is 3. The first kappa shape index (κ1) is 24.3. The second-order valence-corrected chi connectivity index (χ2v) is 8.30. The molecule has 0 saturated carbocycles. The van der Waals surface area contributed by atoms with Gasteiger partial charge in [0.25, 0.3) is 0 Å². The minimum absolute atomic E-state index is 0. The molecular formula is C22H37FIN5. The second kappa shape index (κ2) is 12.1. The molecule has 7 heteroatoms. The number of halogens is 2. The van der Waals surface area contributed by atoms with Crippen LogP contribution in [0.15, 0.2) is 29.3 Å². The van der Waals surface area contributed by atoms with Gasteiger partial charge < -0.3 is 15.5 Å². The van der Waals surface area contributed by atoms with E-state index in [0.717, 1.165) is 44.1 Å². The van der Waals surface area contributed by atoms with Crippen LogP contribution in [-0.4, -0.2) is 74.7 Å². The lowest BCUT2D eigenvalue weighted by Crippen LogP contribution is -2.62. The third kappa shape index (κ3) is 7.07. The van der Waals surface area contributed by atoms with Crippen molar-refractivity contribution in [3.63, 3.8) is 0 Å². The van der Waals surface area contributed by atoms with E-state index >= 15 is 0 Å². The predicted molar refractivity (Wildman–Crippen MR) is 130 cm³/mol. The van der Waals surface area contributed by atoms with Crippen molar-refractivity contribution in [1.29, 1.82) is 0 Å². The molecule has 1 aromatic rings. The van der Waals surface area contributed by atoms with Gasteiger partial charge in [0.05, 0.1) is 0 Å². The Morgan fingerprint density at radius 3 is 2.31 bits per heavy atom. The summed E-state index contributed by atoms with van der Waals surface area (Å²) < 4.78 is 13.0. The minimum Gasteiger partial charge on any atom is -0.356 e. The van der Waals surface area contributed by atoms with Crippen LogP contribution in [0.1, 0.15) is 37.7 Å². The average Bonchev–Trinajstić information content (AvgIpc) is 2.74. The molecule has 164 valence electrons. The van der Waals surface area contributed by atoms with Crippen LogP contribution >= 0.6 is 24.0 Å². The molecule has 0 aromatic heterocycles. The summed E-state index contributed by atoms with van der Waals surface area (Å²) in [6.07, 6.45) is 7.28. The zero-order valence-corrected chi connectivity index (χ0v) is 20.3. The fourth-order valence-electron chi connectivity index (χ4n) is 4.45. The lowest BCUT2D eigenvalue weighted by atomic mass is 9.84. The zero-order chi connectivity index (χ0) is 19.8. The Labute approximate surface area is 192 Å². The standard InChI is InChI=1S/C22H36FN5.HI/c1-24-21(25-13-10-19-6-8-20(23)9-7-19)26-18-22(11-16-27(2)17-12-22)28-14-4-3-5-15-28;/h6-9H,3-5,10-18H2,1-2H3,(H2,24,25,26);1H. The van der Waals surface area contributed by atoms with Crippen molar-refractivity contribution < 1.29 is 4.39 Å². The largest absolute Gasteiger partial charge is 0.356 e. The number of likely N-dealkylation sites (tertiary alicyclic amines) is 2. The van der Waals surface area contributed by atoms with Gasteiger partial charge in [-0.05, 0) is 83.0 Å². The maximum absolute atomic E-state index is 13.0. The SMILES string of the molecule is CN=C(NCCc1ccc(F)cc1)NCC1(N2CCCCC2)CCN(C)CC1.I. The highest BCUT2D eigenvalue weighted by Gasteiger charge is 2.39. The third-order valence-corrected chi connectivity index (χ3v) is 6.37. The number of hydrogen-bond donors (Lipinski definition) is 2. The number of nitrogens with one attached hydrogen (secondary N) is 2. The smallest absolute Gasteiger partial charge is 0.191 e. The number of nitrogens with zero attached hydrogens (tertiary/aromatic N) is 3. The maximum atomic E-state index is 13.0. The minimum atomic E-state index is -0.185. The van der Waals surface area contributed by atoms with Crippen molar-refractivity contribution in [2.45, 2.75) is 44.1 Å². The van der Waals surface area contributed by atoms with E-state index < -0.39 is 0 Å². The van der Waals surface area contributed by atoms with E-state index in [1.807, 2.05) is 19.2 Å². The number of benzene rings is 1. The third-order valence-electron chi connectivity index (χ3n) is 6.37. The molecule has 2 saturated heterocycles. The molecule has 2 aliphatic rings. The Kier molecular flexibility index (Phi) is 10.1. The molecule has 5 nitrogen and oxygen atoms in total. The Morgan fingerprint density at radius 1 is 1.03 bits per heavy atom. The quantitative estimate of drug-likeness (QED) is 0.346. The molecule has 0 amide bonds. The van der Waals surface area contributed by atoms with Crippen molar-refractivity contribution in [3.8, 4) is 0 Å².